The van der Waals surface area contributed by atoms with Gasteiger partial charge < -0.3 is 0 Å². The number of hydrogen-bond acceptors (Lipinski definition) is 0. The van der Waals surface area contributed by atoms with Crippen molar-refractivity contribution in [2.24, 2.45) is 0 Å². The number of hydrogen-bond donors (Lipinski definition) is 0. The molecule has 0 radical (unpaired) electrons. The second-order valence-corrected chi connectivity index (χ2v) is 2.94. The quantitative estimate of drug-likeness (QED) is 0.622. The lowest BCUT2D eigenvalue weighted by atomic mass is 10.5. The maximum atomic E-state index is 2.00. The fourth-order valence-corrected chi connectivity index (χ4v) is 1.18. The van der Waals surface area contributed by atoms with Gasteiger partial charge in [-0.3, -0.25) is 0 Å². The first kappa shape index (κ1) is 8.63. The summed E-state index contributed by atoms with van der Waals surface area (Å²) < 4.78 is 4.00. The van der Waals surface area contributed by atoms with E-state index in [0.717, 1.165) is 0 Å². The van der Waals surface area contributed by atoms with E-state index in [0.29, 0.717) is 0 Å². The molecule has 0 amide bonds. The molecule has 0 aliphatic heterocycles. The minimum Gasteiger partial charge on any atom is -0.168 e. The van der Waals surface area contributed by atoms with E-state index in [2.05, 4.69) is 0 Å². The number of aromatic nitrogens is 2. The van der Waals surface area contributed by atoms with Crippen molar-refractivity contribution in [2.45, 2.75) is 0 Å². The van der Waals surface area contributed by atoms with Crippen molar-refractivity contribution in [1.29, 1.82) is 0 Å². The first-order valence-corrected chi connectivity index (χ1v) is 4.55. The van der Waals surface area contributed by atoms with E-state index < -0.39 is 0 Å². The van der Waals surface area contributed by atoms with Crippen molar-refractivity contribution in [3.63, 3.8) is 0 Å². The van der Waals surface area contributed by atoms with Crippen LogP contribution in [0.25, 0.3) is 12.4 Å². The van der Waals surface area contributed by atoms with Crippen molar-refractivity contribution >= 4 is 12.4 Å². The van der Waals surface area contributed by atoms with Gasteiger partial charge in [-0.05, 0) is 0 Å². The summed E-state index contributed by atoms with van der Waals surface area (Å²) in [6.07, 6.45) is 12.0. The molecule has 0 aliphatic rings. The summed E-state index contributed by atoms with van der Waals surface area (Å²) in [6.45, 7) is 0. The van der Waals surface area contributed by atoms with Crippen molar-refractivity contribution in [1.82, 2.24) is 0 Å². The highest BCUT2D eigenvalue weighted by Crippen LogP contribution is 1.79. The van der Waals surface area contributed by atoms with Gasteiger partial charge in [0, 0.05) is 24.3 Å². The van der Waals surface area contributed by atoms with Crippen LogP contribution in [-0.2, 0) is 0 Å². The third kappa shape index (κ3) is 2.26. The minimum absolute atomic E-state index is 2.00. The van der Waals surface area contributed by atoms with Crippen LogP contribution in [0.3, 0.4) is 0 Å². The number of pyridine rings is 2. The first-order chi connectivity index (χ1) is 6.95. The standard InChI is InChI=1S/C12H12N2/c1-3-7-13(8-4-1)11-12-14-9-5-2-6-10-14/h1-12H/q+2/b12-11+. The molecule has 0 aromatic carbocycles. The summed E-state index contributed by atoms with van der Waals surface area (Å²) in [5, 5.41) is 0. The Hall–Kier alpha value is -1.96. The fourth-order valence-electron chi connectivity index (χ4n) is 1.18. The lowest BCUT2D eigenvalue weighted by molar-refractivity contribution is -0.593. The zero-order chi connectivity index (χ0) is 9.64. The molecule has 0 N–H and O–H groups in total. The van der Waals surface area contributed by atoms with Crippen LogP contribution in [0.4, 0.5) is 0 Å². The van der Waals surface area contributed by atoms with Gasteiger partial charge in [0.05, 0.1) is 0 Å². The molecule has 2 heterocycles. The molecule has 2 nitrogen and oxygen atoms in total. The number of rotatable bonds is 2. The van der Waals surface area contributed by atoms with E-state index in [9.17, 15) is 0 Å². The molecule has 68 valence electrons. The van der Waals surface area contributed by atoms with Gasteiger partial charge in [0.15, 0.2) is 24.8 Å². The second kappa shape index (κ2) is 4.33. The molecular weight excluding hydrogens is 172 g/mol. The van der Waals surface area contributed by atoms with Gasteiger partial charge in [0.25, 0.3) is 0 Å². The summed E-state index contributed by atoms with van der Waals surface area (Å²) in [6, 6.07) is 12.0. The fraction of sp³-hybridized carbons (Fsp3) is 0. The molecule has 2 aromatic rings. The van der Waals surface area contributed by atoms with E-state index in [-0.39, 0.29) is 0 Å². The Morgan fingerprint density at radius 2 is 0.857 bits per heavy atom. The largest absolute Gasteiger partial charge is 0.238 e. The topological polar surface area (TPSA) is 7.76 Å². The van der Waals surface area contributed by atoms with Crippen LogP contribution >= 0.6 is 0 Å². The van der Waals surface area contributed by atoms with Crippen LogP contribution in [0.1, 0.15) is 0 Å². The SMILES string of the molecule is C(=C\[n+]1ccccc1)/[n+]1ccccc1. The van der Waals surface area contributed by atoms with Crippen LogP contribution < -0.4 is 9.13 Å². The summed E-state index contributed by atoms with van der Waals surface area (Å²) >= 11 is 0. The van der Waals surface area contributed by atoms with Crippen molar-refractivity contribution in [3.05, 3.63) is 61.2 Å². The summed E-state index contributed by atoms with van der Waals surface area (Å²) in [5.74, 6) is 0. The van der Waals surface area contributed by atoms with Crippen molar-refractivity contribution in [2.75, 3.05) is 0 Å². The summed E-state index contributed by atoms with van der Waals surface area (Å²) in [4.78, 5) is 0. The third-order valence-electron chi connectivity index (χ3n) is 1.89. The van der Waals surface area contributed by atoms with Gasteiger partial charge in [-0.1, -0.05) is 12.1 Å². The molecular formula is C12H12N2+2. The average Bonchev–Trinajstić information content (AvgIpc) is 2.29. The summed E-state index contributed by atoms with van der Waals surface area (Å²) in [5.41, 5.74) is 0. The lowest BCUT2D eigenvalue weighted by Gasteiger charge is -1.84. The third-order valence-corrected chi connectivity index (χ3v) is 1.89. The van der Waals surface area contributed by atoms with E-state index in [4.69, 9.17) is 0 Å². The molecule has 0 spiro atoms. The Morgan fingerprint density at radius 3 is 1.21 bits per heavy atom. The second-order valence-electron chi connectivity index (χ2n) is 2.94. The maximum absolute atomic E-state index is 2.00. The zero-order valence-electron chi connectivity index (χ0n) is 7.82. The average molecular weight is 184 g/mol. The van der Waals surface area contributed by atoms with Gasteiger partial charge in [-0.2, -0.15) is 9.13 Å². The van der Waals surface area contributed by atoms with E-state index in [1.807, 2.05) is 82.7 Å². The summed E-state index contributed by atoms with van der Waals surface area (Å²) in [7, 11) is 0. The zero-order valence-corrected chi connectivity index (χ0v) is 7.82. The lowest BCUT2D eigenvalue weighted by Crippen LogP contribution is -2.29. The van der Waals surface area contributed by atoms with Gasteiger partial charge in [0.2, 0.25) is 12.4 Å². The maximum Gasteiger partial charge on any atom is 0.238 e. The Balaban J connectivity index is 2.16. The van der Waals surface area contributed by atoms with Crippen LogP contribution in [0.15, 0.2) is 61.2 Å². The monoisotopic (exact) mass is 184 g/mol. The Kier molecular flexibility index (Phi) is 2.67. The van der Waals surface area contributed by atoms with Crippen molar-refractivity contribution < 1.29 is 9.13 Å². The molecule has 0 bridgehead atoms. The molecule has 14 heavy (non-hydrogen) atoms. The molecule has 2 heteroatoms. The Labute approximate surface area is 83.4 Å². The Morgan fingerprint density at radius 1 is 0.500 bits per heavy atom. The molecule has 2 rings (SSSR count). The molecule has 2 aromatic heterocycles. The molecule has 0 aliphatic carbocycles. The smallest absolute Gasteiger partial charge is 0.168 e. The van der Waals surface area contributed by atoms with E-state index >= 15 is 0 Å². The minimum atomic E-state index is 2.00. The molecule has 0 saturated heterocycles. The first-order valence-electron chi connectivity index (χ1n) is 4.55. The molecule has 0 saturated carbocycles. The van der Waals surface area contributed by atoms with Crippen LogP contribution in [0.5, 0.6) is 0 Å². The molecule has 0 unspecified atom stereocenters. The van der Waals surface area contributed by atoms with Crippen LogP contribution in [0, 0.1) is 0 Å². The van der Waals surface area contributed by atoms with E-state index in [1.54, 1.807) is 0 Å². The van der Waals surface area contributed by atoms with Gasteiger partial charge in [-0.15, -0.1) is 0 Å². The molecule has 0 atom stereocenters. The number of nitrogens with zero attached hydrogens (tertiary/aromatic N) is 2. The Bertz CT molecular complexity index is 365. The normalized spacial score (nSPS) is 10.6. The predicted molar refractivity (Wildman–Crippen MR) is 54.8 cm³/mol. The van der Waals surface area contributed by atoms with Gasteiger partial charge >= 0.3 is 0 Å². The van der Waals surface area contributed by atoms with Gasteiger partial charge in [0.1, 0.15) is 0 Å². The van der Waals surface area contributed by atoms with Gasteiger partial charge in [-0.25, -0.2) is 0 Å². The highest BCUT2D eigenvalue weighted by molar-refractivity contribution is 5.25. The van der Waals surface area contributed by atoms with Crippen LogP contribution in [-0.4, -0.2) is 0 Å². The molecule has 0 fully saturated rings. The van der Waals surface area contributed by atoms with Crippen molar-refractivity contribution in [3.8, 4) is 0 Å². The van der Waals surface area contributed by atoms with E-state index in [1.165, 1.54) is 0 Å². The highest BCUT2D eigenvalue weighted by atomic mass is 15.0. The highest BCUT2D eigenvalue weighted by Gasteiger charge is 1.94. The van der Waals surface area contributed by atoms with Crippen LogP contribution in [0.2, 0.25) is 0 Å². The predicted octanol–water partition coefficient (Wildman–Crippen LogP) is 1.35.